The van der Waals surface area contributed by atoms with Gasteiger partial charge >= 0.3 is 6.18 Å². The van der Waals surface area contributed by atoms with E-state index in [4.69, 9.17) is 0 Å². The molecule has 2 aromatic rings. The molecule has 0 aliphatic rings. The lowest BCUT2D eigenvalue weighted by molar-refractivity contribution is -0.139. The minimum Gasteiger partial charge on any atom is -0.355 e. The Kier molecular flexibility index (Phi) is 6.04. The van der Waals surface area contributed by atoms with Crippen LogP contribution in [0.15, 0.2) is 47.4 Å². The average molecular weight is 381 g/mol. The number of alkyl halides is 3. The normalized spacial score (nSPS) is 11.1. The number of amides is 2. The first-order chi connectivity index (χ1) is 12.6. The van der Waals surface area contributed by atoms with Gasteiger partial charge in [-0.15, -0.1) is 0 Å². The molecular weight excluding hydrogens is 363 g/mol. The largest absolute Gasteiger partial charge is 0.421 e. The fourth-order valence-electron chi connectivity index (χ4n) is 2.41. The average Bonchev–Trinajstić information content (AvgIpc) is 2.62. The van der Waals surface area contributed by atoms with Crippen molar-refractivity contribution in [1.29, 1.82) is 0 Å². The maximum atomic E-state index is 12.8. The van der Waals surface area contributed by atoms with E-state index in [-0.39, 0.29) is 12.5 Å². The van der Waals surface area contributed by atoms with Crippen LogP contribution in [-0.2, 0) is 24.1 Å². The maximum Gasteiger partial charge on any atom is 0.421 e. The third-order valence-corrected chi connectivity index (χ3v) is 3.92. The molecule has 0 fully saturated rings. The van der Waals surface area contributed by atoms with E-state index >= 15 is 0 Å². The molecule has 0 saturated carbocycles. The standard InChI is InChI=1S/C18H18F3N3O3/c1-22-16(26)13-7-5-12(6-8-13)10-23(2)15(25)11-24-9-3-4-14(17(24)27)18(19,20)21/h3-9H,10-11H2,1-2H3,(H,22,26). The maximum absolute atomic E-state index is 12.8. The van der Waals surface area contributed by atoms with Crippen molar-refractivity contribution in [3.8, 4) is 0 Å². The smallest absolute Gasteiger partial charge is 0.355 e. The highest BCUT2D eigenvalue weighted by molar-refractivity contribution is 5.93. The van der Waals surface area contributed by atoms with Gasteiger partial charge in [0.2, 0.25) is 5.91 Å². The van der Waals surface area contributed by atoms with Gasteiger partial charge in [-0.1, -0.05) is 12.1 Å². The highest BCUT2D eigenvalue weighted by Crippen LogP contribution is 2.25. The topological polar surface area (TPSA) is 71.4 Å². The second-order valence-corrected chi connectivity index (χ2v) is 5.88. The molecule has 0 bridgehead atoms. The Morgan fingerprint density at radius 3 is 2.33 bits per heavy atom. The number of aromatic nitrogens is 1. The van der Waals surface area contributed by atoms with Crippen molar-refractivity contribution in [2.75, 3.05) is 14.1 Å². The Morgan fingerprint density at radius 1 is 1.15 bits per heavy atom. The highest BCUT2D eigenvalue weighted by atomic mass is 19.4. The van der Waals surface area contributed by atoms with Crippen LogP contribution in [0.25, 0.3) is 0 Å². The van der Waals surface area contributed by atoms with Crippen LogP contribution in [0.5, 0.6) is 0 Å². The Hall–Kier alpha value is -3.10. The molecule has 6 nitrogen and oxygen atoms in total. The summed E-state index contributed by atoms with van der Waals surface area (Å²) < 4.78 is 39.1. The van der Waals surface area contributed by atoms with Gasteiger partial charge in [0.05, 0.1) is 0 Å². The van der Waals surface area contributed by atoms with Crippen molar-refractivity contribution in [1.82, 2.24) is 14.8 Å². The Balaban J connectivity index is 2.08. The summed E-state index contributed by atoms with van der Waals surface area (Å²) in [4.78, 5) is 37.0. The predicted octanol–water partition coefficient (Wildman–Crippen LogP) is 1.89. The number of nitrogens with one attached hydrogen (secondary N) is 1. The van der Waals surface area contributed by atoms with Crippen molar-refractivity contribution < 1.29 is 22.8 Å². The number of carbonyl (C=O) groups excluding carboxylic acids is 2. The summed E-state index contributed by atoms with van der Waals surface area (Å²) in [5.41, 5.74) is -1.38. The van der Waals surface area contributed by atoms with E-state index < -0.39 is 29.8 Å². The number of halogens is 3. The first-order valence-corrected chi connectivity index (χ1v) is 7.95. The molecule has 0 spiro atoms. The summed E-state index contributed by atoms with van der Waals surface area (Å²) in [5.74, 6) is -0.762. The van der Waals surface area contributed by atoms with Gasteiger partial charge in [-0.3, -0.25) is 14.4 Å². The van der Waals surface area contributed by atoms with Crippen molar-refractivity contribution in [3.05, 3.63) is 69.6 Å². The molecule has 1 heterocycles. The Labute approximate surface area is 153 Å². The minimum absolute atomic E-state index is 0.181. The van der Waals surface area contributed by atoms with Crippen LogP contribution < -0.4 is 10.9 Å². The minimum atomic E-state index is -4.78. The summed E-state index contributed by atoms with van der Waals surface area (Å²) in [6, 6.07) is 8.30. The zero-order valence-electron chi connectivity index (χ0n) is 14.7. The molecule has 1 N–H and O–H groups in total. The third-order valence-electron chi connectivity index (χ3n) is 3.92. The van der Waals surface area contributed by atoms with Gasteiger partial charge < -0.3 is 14.8 Å². The summed E-state index contributed by atoms with van der Waals surface area (Å²) in [5, 5.41) is 2.49. The molecule has 2 rings (SSSR count). The Morgan fingerprint density at radius 2 is 1.78 bits per heavy atom. The molecule has 9 heteroatoms. The lowest BCUT2D eigenvalue weighted by Gasteiger charge is -2.18. The molecule has 0 atom stereocenters. The molecule has 1 aromatic carbocycles. The second kappa shape index (κ2) is 8.07. The molecule has 0 aliphatic carbocycles. The van der Waals surface area contributed by atoms with Gasteiger partial charge in [0, 0.05) is 32.4 Å². The number of benzene rings is 1. The number of hydrogen-bond donors (Lipinski definition) is 1. The van der Waals surface area contributed by atoms with Gasteiger partial charge in [0.25, 0.3) is 11.5 Å². The fraction of sp³-hybridized carbons (Fsp3) is 0.278. The highest BCUT2D eigenvalue weighted by Gasteiger charge is 2.34. The van der Waals surface area contributed by atoms with E-state index in [9.17, 15) is 27.6 Å². The number of nitrogens with zero attached hydrogens (tertiary/aromatic N) is 2. The SMILES string of the molecule is CNC(=O)c1ccc(CN(C)C(=O)Cn2cccc(C(F)(F)F)c2=O)cc1. The summed E-state index contributed by atoms with van der Waals surface area (Å²) in [6.45, 7) is -0.323. The summed E-state index contributed by atoms with van der Waals surface area (Å²) in [6.07, 6.45) is -3.64. The molecule has 0 saturated heterocycles. The van der Waals surface area contributed by atoms with Gasteiger partial charge in [0.1, 0.15) is 12.1 Å². The van der Waals surface area contributed by atoms with E-state index in [0.29, 0.717) is 11.6 Å². The van der Waals surface area contributed by atoms with Crippen molar-refractivity contribution >= 4 is 11.8 Å². The number of pyridine rings is 1. The van der Waals surface area contributed by atoms with Crippen LogP contribution in [0.4, 0.5) is 13.2 Å². The first-order valence-electron chi connectivity index (χ1n) is 7.95. The van der Waals surface area contributed by atoms with Crippen LogP contribution in [0.3, 0.4) is 0 Å². The van der Waals surface area contributed by atoms with Gasteiger partial charge in [0.15, 0.2) is 0 Å². The van der Waals surface area contributed by atoms with Crippen LogP contribution in [0, 0.1) is 0 Å². The van der Waals surface area contributed by atoms with Gasteiger partial charge in [-0.2, -0.15) is 13.2 Å². The third kappa shape index (κ3) is 4.96. The van der Waals surface area contributed by atoms with Crippen molar-refractivity contribution in [2.24, 2.45) is 0 Å². The molecule has 1 aromatic heterocycles. The lowest BCUT2D eigenvalue weighted by Crippen LogP contribution is -2.35. The van der Waals surface area contributed by atoms with Crippen molar-refractivity contribution in [3.63, 3.8) is 0 Å². The van der Waals surface area contributed by atoms with E-state index in [1.165, 1.54) is 19.0 Å². The van der Waals surface area contributed by atoms with Gasteiger partial charge in [-0.25, -0.2) is 0 Å². The zero-order valence-corrected chi connectivity index (χ0v) is 14.7. The molecule has 0 radical (unpaired) electrons. The number of rotatable bonds is 5. The predicted molar refractivity (Wildman–Crippen MR) is 92.0 cm³/mol. The molecule has 0 aliphatic heterocycles. The summed E-state index contributed by atoms with van der Waals surface area (Å²) in [7, 11) is 2.99. The monoisotopic (exact) mass is 381 g/mol. The summed E-state index contributed by atoms with van der Waals surface area (Å²) >= 11 is 0. The number of hydrogen-bond acceptors (Lipinski definition) is 3. The van der Waals surface area contributed by atoms with E-state index in [0.717, 1.165) is 22.4 Å². The molecule has 27 heavy (non-hydrogen) atoms. The van der Waals surface area contributed by atoms with Crippen LogP contribution in [-0.4, -0.2) is 35.4 Å². The molecule has 2 amide bonds. The van der Waals surface area contributed by atoms with Crippen LogP contribution in [0.2, 0.25) is 0 Å². The van der Waals surface area contributed by atoms with Crippen LogP contribution in [0.1, 0.15) is 21.5 Å². The quantitative estimate of drug-likeness (QED) is 0.860. The molecule has 144 valence electrons. The van der Waals surface area contributed by atoms with Crippen LogP contribution >= 0.6 is 0 Å². The number of likely N-dealkylation sites (N-methyl/N-ethyl adjacent to an activating group) is 1. The number of carbonyl (C=O) groups is 2. The van der Waals surface area contributed by atoms with Gasteiger partial charge in [-0.05, 0) is 29.8 Å². The first kappa shape index (κ1) is 20.2. The lowest BCUT2D eigenvalue weighted by atomic mass is 10.1. The molecule has 0 unspecified atom stereocenters. The Bertz CT molecular complexity index is 889. The van der Waals surface area contributed by atoms with E-state index in [1.807, 2.05) is 0 Å². The van der Waals surface area contributed by atoms with Crippen molar-refractivity contribution in [2.45, 2.75) is 19.3 Å². The van der Waals surface area contributed by atoms with E-state index in [1.54, 1.807) is 24.3 Å². The fourth-order valence-corrected chi connectivity index (χ4v) is 2.41. The van der Waals surface area contributed by atoms with E-state index in [2.05, 4.69) is 5.32 Å². The second-order valence-electron chi connectivity index (χ2n) is 5.88. The molecular formula is C18H18F3N3O3. The zero-order chi connectivity index (χ0) is 20.2.